The van der Waals surface area contributed by atoms with Gasteiger partial charge in [-0.2, -0.15) is 0 Å². The van der Waals surface area contributed by atoms with Crippen molar-refractivity contribution in [1.82, 2.24) is 9.97 Å². The van der Waals surface area contributed by atoms with Crippen LogP contribution in [0.2, 0.25) is 0 Å². The molecule has 0 atom stereocenters. The molecule has 0 radical (unpaired) electrons. The highest BCUT2D eigenvalue weighted by Crippen LogP contribution is 2.24. The predicted molar refractivity (Wildman–Crippen MR) is 84.7 cm³/mol. The first kappa shape index (κ1) is 14.0. The lowest BCUT2D eigenvalue weighted by molar-refractivity contribution is 0.112. The van der Waals surface area contributed by atoms with E-state index in [2.05, 4.69) is 15.3 Å². The maximum atomic E-state index is 11.0. The monoisotopic (exact) mass is 283 g/mol. The van der Waals surface area contributed by atoms with E-state index >= 15 is 0 Å². The van der Waals surface area contributed by atoms with E-state index in [1.807, 2.05) is 12.1 Å². The molecule has 1 aromatic carbocycles. The van der Waals surface area contributed by atoms with Crippen LogP contribution in [0.15, 0.2) is 24.5 Å². The fourth-order valence-electron chi connectivity index (χ4n) is 3.06. The van der Waals surface area contributed by atoms with Crippen LogP contribution in [0.5, 0.6) is 0 Å². The van der Waals surface area contributed by atoms with E-state index in [4.69, 9.17) is 0 Å². The molecule has 3 rings (SSSR count). The molecule has 4 nitrogen and oxygen atoms in total. The number of aromatic nitrogens is 2. The zero-order chi connectivity index (χ0) is 14.5. The second-order valence-corrected chi connectivity index (χ2v) is 5.80. The molecule has 0 aliphatic heterocycles. The Kier molecular flexibility index (Phi) is 4.43. The molecule has 0 amide bonds. The molecule has 1 heterocycles. The van der Waals surface area contributed by atoms with Crippen molar-refractivity contribution >= 4 is 23.0 Å². The SMILES string of the molecule is O=Cc1ccc2ncnc(NC3CCCCCCC3)c2c1. The van der Waals surface area contributed by atoms with Gasteiger partial charge in [0.25, 0.3) is 0 Å². The van der Waals surface area contributed by atoms with Crippen LogP contribution < -0.4 is 5.32 Å². The van der Waals surface area contributed by atoms with Crippen molar-refractivity contribution in [3.63, 3.8) is 0 Å². The first-order valence-corrected chi connectivity index (χ1v) is 7.83. The normalized spacial score (nSPS) is 17.1. The number of hydrogen-bond acceptors (Lipinski definition) is 4. The largest absolute Gasteiger partial charge is 0.367 e. The molecule has 1 aliphatic carbocycles. The van der Waals surface area contributed by atoms with Crippen molar-refractivity contribution < 1.29 is 4.79 Å². The highest BCUT2D eigenvalue weighted by Gasteiger charge is 2.13. The van der Waals surface area contributed by atoms with Gasteiger partial charge in [-0.3, -0.25) is 4.79 Å². The number of carbonyl (C=O) groups excluding carboxylic acids is 1. The molecule has 0 spiro atoms. The fraction of sp³-hybridized carbons (Fsp3) is 0.471. The highest BCUT2D eigenvalue weighted by atomic mass is 16.1. The Bertz CT molecular complexity index is 618. The van der Waals surface area contributed by atoms with E-state index in [-0.39, 0.29) is 0 Å². The minimum Gasteiger partial charge on any atom is -0.367 e. The topological polar surface area (TPSA) is 54.9 Å². The Hall–Kier alpha value is -1.97. The van der Waals surface area contributed by atoms with Gasteiger partial charge in [0, 0.05) is 17.0 Å². The van der Waals surface area contributed by atoms with Gasteiger partial charge in [0.05, 0.1) is 5.52 Å². The van der Waals surface area contributed by atoms with Gasteiger partial charge in [0.1, 0.15) is 18.4 Å². The van der Waals surface area contributed by atoms with Crippen LogP contribution in [0, 0.1) is 0 Å². The zero-order valence-corrected chi connectivity index (χ0v) is 12.2. The van der Waals surface area contributed by atoms with Crippen LogP contribution in [0.1, 0.15) is 55.3 Å². The molecule has 4 heteroatoms. The summed E-state index contributed by atoms with van der Waals surface area (Å²) in [5, 5.41) is 4.51. The minimum atomic E-state index is 0.475. The average Bonchev–Trinajstić information content (AvgIpc) is 2.49. The Labute approximate surface area is 125 Å². The molecule has 0 saturated heterocycles. The number of benzene rings is 1. The predicted octanol–water partition coefficient (Wildman–Crippen LogP) is 3.97. The van der Waals surface area contributed by atoms with Gasteiger partial charge in [-0.05, 0) is 31.0 Å². The highest BCUT2D eigenvalue weighted by molar-refractivity contribution is 5.93. The molecule has 0 unspecified atom stereocenters. The standard InChI is InChI=1S/C17H21N3O/c21-11-13-8-9-16-15(10-13)17(19-12-18-16)20-14-6-4-2-1-3-5-7-14/h8-12,14H,1-7H2,(H,18,19,20). The number of aldehydes is 1. The third kappa shape index (κ3) is 3.38. The molecule has 1 fully saturated rings. The van der Waals surface area contributed by atoms with Gasteiger partial charge in [-0.15, -0.1) is 0 Å². The van der Waals surface area contributed by atoms with Gasteiger partial charge < -0.3 is 5.32 Å². The van der Waals surface area contributed by atoms with E-state index in [9.17, 15) is 4.79 Å². The van der Waals surface area contributed by atoms with Crippen LogP contribution in [0.4, 0.5) is 5.82 Å². The Balaban J connectivity index is 1.86. The maximum absolute atomic E-state index is 11.0. The molecular weight excluding hydrogens is 262 g/mol. The Morgan fingerprint density at radius 2 is 1.81 bits per heavy atom. The van der Waals surface area contributed by atoms with Gasteiger partial charge in [0.15, 0.2) is 0 Å². The average molecular weight is 283 g/mol. The summed E-state index contributed by atoms with van der Waals surface area (Å²) >= 11 is 0. The van der Waals surface area contributed by atoms with Crippen molar-refractivity contribution in [3.05, 3.63) is 30.1 Å². The summed E-state index contributed by atoms with van der Waals surface area (Å²) in [6.07, 6.45) is 11.4. The second kappa shape index (κ2) is 6.66. The maximum Gasteiger partial charge on any atom is 0.150 e. The minimum absolute atomic E-state index is 0.475. The summed E-state index contributed by atoms with van der Waals surface area (Å²) in [6, 6.07) is 6.02. The molecule has 1 aliphatic rings. The molecule has 1 aromatic heterocycles. The van der Waals surface area contributed by atoms with E-state index < -0.39 is 0 Å². The number of carbonyl (C=O) groups is 1. The lowest BCUT2D eigenvalue weighted by atomic mass is 9.96. The van der Waals surface area contributed by atoms with E-state index in [1.165, 1.54) is 44.9 Å². The summed E-state index contributed by atoms with van der Waals surface area (Å²) in [5.74, 6) is 0.856. The Morgan fingerprint density at radius 3 is 2.57 bits per heavy atom. The number of rotatable bonds is 3. The number of fused-ring (bicyclic) bond motifs is 1. The molecule has 110 valence electrons. The van der Waals surface area contributed by atoms with E-state index in [0.29, 0.717) is 11.6 Å². The third-order valence-electron chi connectivity index (χ3n) is 4.24. The molecule has 2 aromatic rings. The lowest BCUT2D eigenvalue weighted by Crippen LogP contribution is -2.21. The van der Waals surface area contributed by atoms with Crippen LogP contribution >= 0.6 is 0 Å². The molecule has 1 saturated carbocycles. The van der Waals surface area contributed by atoms with Crippen molar-refractivity contribution in [2.45, 2.75) is 51.0 Å². The van der Waals surface area contributed by atoms with Crippen molar-refractivity contribution in [1.29, 1.82) is 0 Å². The van der Waals surface area contributed by atoms with Crippen LogP contribution in [0.3, 0.4) is 0 Å². The second-order valence-electron chi connectivity index (χ2n) is 5.80. The smallest absolute Gasteiger partial charge is 0.150 e. The van der Waals surface area contributed by atoms with Crippen molar-refractivity contribution in [2.24, 2.45) is 0 Å². The van der Waals surface area contributed by atoms with Gasteiger partial charge in [-0.1, -0.05) is 32.1 Å². The van der Waals surface area contributed by atoms with Gasteiger partial charge >= 0.3 is 0 Å². The number of nitrogens with zero attached hydrogens (tertiary/aromatic N) is 2. The zero-order valence-electron chi connectivity index (χ0n) is 12.2. The summed E-state index contributed by atoms with van der Waals surface area (Å²) in [4.78, 5) is 19.6. The van der Waals surface area contributed by atoms with Gasteiger partial charge in [0.2, 0.25) is 0 Å². The summed E-state index contributed by atoms with van der Waals surface area (Å²) < 4.78 is 0. The molecule has 0 bridgehead atoms. The third-order valence-corrected chi connectivity index (χ3v) is 4.24. The first-order valence-electron chi connectivity index (χ1n) is 7.83. The fourth-order valence-corrected chi connectivity index (χ4v) is 3.06. The number of anilines is 1. The summed E-state index contributed by atoms with van der Waals surface area (Å²) in [6.45, 7) is 0. The lowest BCUT2D eigenvalue weighted by Gasteiger charge is -2.22. The van der Waals surface area contributed by atoms with Crippen LogP contribution in [-0.4, -0.2) is 22.3 Å². The van der Waals surface area contributed by atoms with Crippen molar-refractivity contribution in [3.8, 4) is 0 Å². The molecule has 21 heavy (non-hydrogen) atoms. The quantitative estimate of drug-likeness (QED) is 0.866. The van der Waals surface area contributed by atoms with Gasteiger partial charge in [-0.25, -0.2) is 9.97 Å². The van der Waals surface area contributed by atoms with Crippen LogP contribution in [-0.2, 0) is 0 Å². The summed E-state index contributed by atoms with van der Waals surface area (Å²) in [5.41, 5.74) is 1.54. The molecular formula is C17H21N3O. The van der Waals surface area contributed by atoms with E-state index in [1.54, 1.807) is 12.4 Å². The first-order chi connectivity index (χ1) is 10.4. The van der Waals surface area contributed by atoms with Crippen molar-refractivity contribution in [2.75, 3.05) is 5.32 Å². The number of hydrogen-bond donors (Lipinski definition) is 1. The van der Waals surface area contributed by atoms with E-state index in [0.717, 1.165) is 23.0 Å². The summed E-state index contributed by atoms with van der Waals surface area (Å²) in [7, 11) is 0. The number of nitrogens with one attached hydrogen (secondary N) is 1. The van der Waals surface area contributed by atoms with Crippen LogP contribution in [0.25, 0.3) is 10.9 Å². The Morgan fingerprint density at radius 1 is 1.05 bits per heavy atom. The molecule has 1 N–H and O–H groups in total.